The average molecular weight is 475 g/mol. The largest absolute Gasteiger partial charge is 0.490 e. The maximum Gasteiger partial charge on any atom is 0.256 e. The van der Waals surface area contributed by atoms with E-state index < -0.39 is 23.5 Å². The number of hydrogen-bond donors (Lipinski definition) is 1. The number of aromatic nitrogens is 2. The zero-order valence-corrected chi connectivity index (χ0v) is 19.7. The topological polar surface area (TPSA) is 78.8 Å². The van der Waals surface area contributed by atoms with Gasteiger partial charge in [-0.3, -0.25) is 4.79 Å². The normalized spacial score (nSPS) is 20.0. The number of halogens is 2. The molecular weight excluding hydrogens is 442 g/mol. The molecule has 1 atom stereocenters. The molecule has 0 bridgehead atoms. The van der Waals surface area contributed by atoms with Crippen LogP contribution in [0.25, 0.3) is 11.4 Å². The summed E-state index contributed by atoms with van der Waals surface area (Å²) in [6, 6.07) is 4.30. The SMILES string of the molecule is CC(C)(F)CN1CCC(COc2cnc(-c3ccc(C(=O)N4CC[C@@H](O)C4)c(F)c3)nc2)CC1. The highest BCUT2D eigenvalue weighted by Gasteiger charge is 2.28. The van der Waals surface area contributed by atoms with Gasteiger partial charge >= 0.3 is 0 Å². The van der Waals surface area contributed by atoms with Gasteiger partial charge in [0.25, 0.3) is 5.91 Å². The molecule has 1 amide bonds. The predicted molar refractivity (Wildman–Crippen MR) is 124 cm³/mol. The fourth-order valence-electron chi connectivity index (χ4n) is 4.52. The Balaban J connectivity index is 1.30. The standard InChI is InChI=1S/C25H32F2N4O3/c1-25(2,27)16-30-8-5-17(6-9-30)15-34-20-12-28-23(29-13-20)18-3-4-21(22(26)11-18)24(33)31-10-7-19(32)14-31/h3-4,11-13,17,19,32H,5-10,14-16H2,1-2H3/t19-/m1/s1. The molecule has 7 nitrogen and oxygen atoms in total. The lowest BCUT2D eigenvalue weighted by atomic mass is 9.97. The van der Waals surface area contributed by atoms with Crippen LogP contribution in [0.5, 0.6) is 5.75 Å². The van der Waals surface area contributed by atoms with Crippen LogP contribution in [0.2, 0.25) is 0 Å². The Kier molecular flexibility index (Phi) is 7.42. The van der Waals surface area contributed by atoms with Gasteiger partial charge in [-0.05, 0) is 64.3 Å². The maximum atomic E-state index is 14.6. The number of alkyl halides is 1. The molecule has 1 N–H and O–H groups in total. The number of amides is 1. The van der Waals surface area contributed by atoms with E-state index in [1.54, 1.807) is 32.3 Å². The van der Waals surface area contributed by atoms with Crippen molar-refractivity contribution in [3.63, 3.8) is 0 Å². The van der Waals surface area contributed by atoms with Gasteiger partial charge in [0.05, 0.1) is 30.7 Å². The highest BCUT2D eigenvalue weighted by molar-refractivity contribution is 5.95. The van der Waals surface area contributed by atoms with Crippen molar-refractivity contribution < 1.29 is 23.4 Å². The molecule has 2 aromatic rings. The first-order chi connectivity index (χ1) is 16.2. The van der Waals surface area contributed by atoms with Crippen LogP contribution in [0.3, 0.4) is 0 Å². The van der Waals surface area contributed by atoms with E-state index in [-0.39, 0.29) is 12.1 Å². The summed E-state index contributed by atoms with van der Waals surface area (Å²) in [5.41, 5.74) is -0.748. The third-order valence-electron chi connectivity index (χ3n) is 6.33. The molecule has 0 saturated carbocycles. The van der Waals surface area contributed by atoms with Gasteiger partial charge in [0, 0.05) is 25.2 Å². The number of β-amino-alcohol motifs (C(OH)–C–C–N with tert-alkyl or cyclic N) is 1. The van der Waals surface area contributed by atoms with Crippen molar-refractivity contribution in [2.24, 2.45) is 5.92 Å². The molecule has 0 aliphatic carbocycles. The third kappa shape index (κ3) is 6.27. The summed E-state index contributed by atoms with van der Waals surface area (Å²) in [5.74, 6) is 0.203. The fourth-order valence-corrected chi connectivity index (χ4v) is 4.52. The number of carbonyl (C=O) groups is 1. The number of aliphatic hydroxyl groups is 1. The molecule has 4 rings (SSSR count). The van der Waals surface area contributed by atoms with E-state index in [0.717, 1.165) is 25.9 Å². The molecule has 2 saturated heterocycles. The van der Waals surface area contributed by atoms with Gasteiger partial charge in [0.2, 0.25) is 0 Å². The van der Waals surface area contributed by atoms with Crippen LogP contribution in [-0.4, -0.2) is 81.9 Å². The van der Waals surface area contributed by atoms with Crippen LogP contribution in [-0.2, 0) is 0 Å². The molecule has 3 heterocycles. The minimum absolute atomic E-state index is 0.0288. The average Bonchev–Trinajstić information content (AvgIpc) is 3.24. The predicted octanol–water partition coefficient (Wildman–Crippen LogP) is 3.33. The van der Waals surface area contributed by atoms with Crippen molar-refractivity contribution in [2.75, 3.05) is 39.3 Å². The molecule has 0 radical (unpaired) electrons. The van der Waals surface area contributed by atoms with E-state index >= 15 is 0 Å². The Morgan fingerprint density at radius 2 is 1.88 bits per heavy atom. The lowest BCUT2D eigenvalue weighted by Crippen LogP contribution is -2.41. The fraction of sp³-hybridized carbons (Fsp3) is 0.560. The smallest absolute Gasteiger partial charge is 0.256 e. The summed E-state index contributed by atoms with van der Waals surface area (Å²) in [6.45, 7) is 6.57. The highest BCUT2D eigenvalue weighted by Crippen LogP contribution is 2.24. The molecule has 0 spiro atoms. The zero-order chi connectivity index (χ0) is 24.3. The van der Waals surface area contributed by atoms with Crippen LogP contribution in [0.15, 0.2) is 30.6 Å². The van der Waals surface area contributed by atoms with Crippen LogP contribution >= 0.6 is 0 Å². The Morgan fingerprint density at radius 1 is 1.18 bits per heavy atom. The summed E-state index contributed by atoms with van der Waals surface area (Å²) in [4.78, 5) is 24.7. The second kappa shape index (κ2) is 10.3. The molecule has 2 fully saturated rings. The first kappa shape index (κ1) is 24.5. The Hall–Kier alpha value is -2.65. The Bertz CT molecular complexity index is 989. The number of aliphatic hydroxyl groups excluding tert-OH is 1. The molecule has 184 valence electrons. The highest BCUT2D eigenvalue weighted by atomic mass is 19.1. The second-order valence-electron chi connectivity index (χ2n) is 9.88. The van der Waals surface area contributed by atoms with E-state index in [0.29, 0.717) is 49.2 Å². The second-order valence-corrected chi connectivity index (χ2v) is 9.88. The van der Waals surface area contributed by atoms with Crippen LogP contribution in [0, 0.1) is 11.7 Å². The zero-order valence-electron chi connectivity index (χ0n) is 19.7. The number of nitrogens with zero attached hydrogens (tertiary/aromatic N) is 4. The summed E-state index contributed by atoms with van der Waals surface area (Å²) in [7, 11) is 0. The Morgan fingerprint density at radius 3 is 2.47 bits per heavy atom. The summed E-state index contributed by atoms with van der Waals surface area (Å²) < 4.78 is 34.3. The minimum atomic E-state index is -1.18. The molecule has 2 aliphatic rings. The van der Waals surface area contributed by atoms with Crippen molar-refractivity contribution >= 4 is 5.91 Å². The number of piperidine rings is 1. The van der Waals surface area contributed by atoms with Crippen LogP contribution in [0.1, 0.15) is 43.5 Å². The van der Waals surface area contributed by atoms with Gasteiger partial charge < -0.3 is 19.6 Å². The van der Waals surface area contributed by atoms with Gasteiger partial charge in [-0.25, -0.2) is 18.7 Å². The van der Waals surface area contributed by atoms with E-state index in [4.69, 9.17) is 4.74 Å². The van der Waals surface area contributed by atoms with Gasteiger partial charge in [-0.15, -0.1) is 0 Å². The van der Waals surface area contributed by atoms with Crippen molar-refractivity contribution in [1.82, 2.24) is 19.8 Å². The summed E-state index contributed by atoms with van der Waals surface area (Å²) in [5, 5.41) is 9.61. The van der Waals surface area contributed by atoms with Crippen molar-refractivity contribution in [3.05, 3.63) is 42.0 Å². The number of ether oxygens (including phenoxy) is 1. The molecule has 1 aromatic heterocycles. The van der Waals surface area contributed by atoms with E-state index in [9.17, 15) is 18.7 Å². The number of hydrogen-bond acceptors (Lipinski definition) is 6. The van der Waals surface area contributed by atoms with Gasteiger partial charge in [0.1, 0.15) is 11.5 Å². The van der Waals surface area contributed by atoms with Crippen molar-refractivity contribution in [1.29, 1.82) is 0 Å². The number of carbonyl (C=O) groups excluding carboxylic acids is 1. The first-order valence-electron chi connectivity index (χ1n) is 11.8. The first-order valence-corrected chi connectivity index (χ1v) is 11.8. The molecule has 0 unspecified atom stereocenters. The molecular formula is C25H32F2N4O3. The third-order valence-corrected chi connectivity index (χ3v) is 6.33. The van der Waals surface area contributed by atoms with E-state index in [2.05, 4.69) is 14.9 Å². The molecule has 1 aromatic carbocycles. The number of benzene rings is 1. The van der Waals surface area contributed by atoms with Gasteiger partial charge in [-0.1, -0.05) is 6.07 Å². The van der Waals surface area contributed by atoms with Crippen molar-refractivity contribution in [3.8, 4) is 17.1 Å². The molecule has 2 aliphatic heterocycles. The number of rotatable bonds is 7. The van der Waals surface area contributed by atoms with E-state index in [1.165, 1.54) is 17.0 Å². The van der Waals surface area contributed by atoms with Crippen LogP contribution < -0.4 is 4.74 Å². The monoisotopic (exact) mass is 474 g/mol. The summed E-state index contributed by atoms with van der Waals surface area (Å²) in [6.07, 6.45) is 4.98. The lowest BCUT2D eigenvalue weighted by Gasteiger charge is -2.34. The Labute approximate surface area is 198 Å². The van der Waals surface area contributed by atoms with Gasteiger partial charge in [-0.2, -0.15) is 0 Å². The molecule has 9 heteroatoms. The lowest BCUT2D eigenvalue weighted by molar-refractivity contribution is 0.0760. The van der Waals surface area contributed by atoms with Gasteiger partial charge in [0.15, 0.2) is 11.6 Å². The molecule has 34 heavy (non-hydrogen) atoms. The maximum absolute atomic E-state index is 14.6. The minimum Gasteiger partial charge on any atom is -0.490 e. The van der Waals surface area contributed by atoms with Crippen molar-refractivity contribution in [2.45, 2.75) is 44.9 Å². The van der Waals surface area contributed by atoms with Crippen LogP contribution in [0.4, 0.5) is 8.78 Å². The van der Waals surface area contributed by atoms with E-state index in [1.807, 2.05) is 0 Å². The number of likely N-dealkylation sites (tertiary alicyclic amines) is 2. The summed E-state index contributed by atoms with van der Waals surface area (Å²) >= 11 is 0. The quantitative estimate of drug-likeness (QED) is 0.663.